The van der Waals surface area contributed by atoms with E-state index in [0.717, 1.165) is 31.4 Å². The van der Waals surface area contributed by atoms with Crippen LogP contribution in [-0.4, -0.2) is 27.1 Å². The van der Waals surface area contributed by atoms with Gasteiger partial charge in [-0.3, -0.25) is 9.10 Å². The van der Waals surface area contributed by atoms with Crippen molar-refractivity contribution in [1.29, 1.82) is 0 Å². The van der Waals surface area contributed by atoms with Crippen LogP contribution in [0.4, 0.5) is 5.69 Å². The van der Waals surface area contributed by atoms with E-state index in [-0.39, 0.29) is 20.6 Å². The minimum atomic E-state index is -4.15. The molecule has 0 aliphatic heterocycles. The fraction of sp³-hybridized carbons (Fsp3) is 0.0345. The highest BCUT2D eigenvalue weighted by molar-refractivity contribution is 7.92. The number of sulfonamides is 1. The van der Waals surface area contributed by atoms with Crippen molar-refractivity contribution in [2.75, 3.05) is 10.8 Å². The fourth-order valence-electron chi connectivity index (χ4n) is 4.23. The van der Waals surface area contributed by atoms with Crippen molar-refractivity contribution in [2.24, 2.45) is 5.10 Å². The molecular weight excluding hydrogens is 541 g/mol. The molecule has 0 spiro atoms. The Labute approximate surface area is 230 Å². The molecule has 0 bridgehead atoms. The number of anilines is 1. The van der Waals surface area contributed by atoms with E-state index >= 15 is 0 Å². The second-order valence-corrected chi connectivity index (χ2v) is 11.1. The van der Waals surface area contributed by atoms with Gasteiger partial charge in [0, 0.05) is 5.56 Å². The van der Waals surface area contributed by atoms with Crippen LogP contribution in [0.2, 0.25) is 10.0 Å². The number of halogens is 2. The summed E-state index contributed by atoms with van der Waals surface area (Å²) in [7, 11) is -4.15. The quantitative estimate of drug-likeness (QED) is 0.137. The topological polar surface area (TPSA) is 78.8 Å². The number of hydrogen-bond donors (Lipinski definition) is 1. The summed E-state index contributed by atoms with van der Waals surface area (Å²) >= 11 is 12.5. The lowest BCUT2D eigenvalue weighted by Gasteiger charge is -2.24. The summed E-state index contributed by atoms with van der Waals surface area (Å²) in [6.07, 6.45) is 1.57. The second-order valence-electron chi connectivity index (χ2n) is 8.42. The second kappa shape index (κ2) is 10.8. The number of hydrazone groups is 1. The summed E-state index contributed by atoms with van der Waals surface area (Å²) in [5.41, 5.74) is 3.39. The lowest BCUT2D eigenvalue weighted by atomic mass is 9.97. The third-order valence-electron chi connectivity index (χ3n) is 6.01. The van der Waals surface area contributed by atoms with Crippen LogP contribution < -0.4 is 9.73 Å². The van der Waals surface area contributed by atoms with E-state index in [0.29, 0.717) is 0 Å². The maximum atomic E-state index is 13.5. The lowest BCUT2D eigenvalue weighted by molar-refractivity contribution is -0.119. The van der Waals surface area contributed by atoms with Crippen LogP contribution in [0.15, 0.2) is 113 Å². The average molecular weight is 562 g/mol. The highest BCUT2D eigenvalue weighted by atomic mass is 35.5. The molecule has 0 aliphatic rings. The van der Waals surface area contributed by atoms with Gasteiger partial charge in [-0.15, -0.1) is 0 Å². The summed E-state index contributed by atoms with van der Waals surface area (Å²) in [6.45, 7) is -0.565. The van der Waals surface area contributed by atoms with Gasteiger partial charge in [0.15, 0.2) is 0 Å². The minimum Gasteiger partial charge on any atom is -0.271 e. The van der Waals surface area contributed by atoms with Crippen LogP contribution in [0.25, 0.3) is 21.5 Å². The predicted octanol–water partition coefficient (Wildman–Crippen LogP) is 6.65. The molecule has 0 saturated carbocycles. The van der Waals surface area contributed by atoms with E-state index in [4.69, 9.17) is 23.2 Å². The van der Waals surface area contributed by atoms with Gasteiger partial charge >= 0.3 is 0 Å². The molecule has 6 nitrogen and oxygen atoms in total. The molecule has 5 aromatic rings. The molecule has 0 atom stereocenters. The van der Waals surface area contributed by atoms with Gasteiger partial charge in [0.1, 0.15) is 6.54 Å². The molecule has 5 rings (SSSR count). The van der Waals surface area contributed by atoms with Gasteiger partial charge in [0.25, 0.3) is 15.9 Å². The van der Waals surface area contributed by atoms with Gasteiger partial charge in [-0.25, -0.2) is 13.8 Å². The number of carbonyl (C=O) groups is 1. The zero-order valence-corrected chi connectivity index (χ0v) is 22.2. The maximum Gasteiger partial charge on any atom is 0.264 e. The number of nitrogens with zero attached hydrogens (tertiary/aromatic N) is 2. The number of benzene rings is 5. The molecule has 5 aromatic carbocycles. The molecular formula is C29H21Cl2N3O3S. The zero-order valence-electron chi connectivity index (χ0n) is 19.9. The van der Waals surface area contributed by atoms with Crippen LogP contribution in [0.1, 0.15) is 5.56 Å². The summed E-state index contributed by atoms with van der Waals surface area (Å²) < 4.78 is 28.0. The molecule has 0 aliphatic carbocycles. The third-order valence-corrected chi connectivity index (χ3v) is 8.60. The first-order chi connectivity index (χ1) is 18.4. The van der Waals surface area contributed by atoms with Gasteiger partial charge in [0.2, 0.25) is 0 Å². The van der Waals surface area contributed by atoms with Gasteiger partial charge < -0.3 is 0 Å². The molecule has 0 fully saturated rings. The smallest absolute Gasteiger partial charge is 0.264 e. The van der Waals surface area contributed by atoms with Gasteiger partial charge in [-0.1, -0.05) is 96.0 Å². The molecule has 9 heteroatoms. The normalized spacial score (nSPS) is 11.7. The summed E-state index contributed by atoms with van der Waals surface area (Å²) in [4.78, 5) is 13.0. The molecule has 0 saturated heterocycles. The number of fused-ring (bicyclic) bond motifs is 2. The Morgan fingerprint density at radius 2 is 1.42 bits per heavy atom. The number of amides is 1. The van der Waals surface area contributed by atoms with Crippen LogP contribution in [0.3, 0.4) is 0 Å². The Bertz CT molecular complexity index is 1740. The Hall–Kier alpha value is -3.91. The highest BCUT2D eigenvalue weighted by Crippen LogP contribution is 2.35. The van der Waals surface area contributed by atoms with Crippen molar-refractivity contribution in [3.05, 3.63) is 119 Å². The Balaban J connectivity index is 1.47. The van der Waals surface area contributed by atoms with Crippen LogP contribution >= 0.6 is 23.2 Å². The number of carbonyl (C=O) groups excluding carboxylic acids is 1. The van der Waals surface area contributed by atoms with Crippen LogP contribution in [0.5, 0.6) is 0 Å². The van der Waals surface area contributed by atoms with Crippen molar-refractivity contribution < 1.29 is 13.2 Å². The first-order valence-corrected chi connectivity index (χ1v) is 13.8. The molecule has 1 amide bonds. The Morgan fingerprint density at radius 1 is 0.816 bits per heavy atom. The van der Waals surface area contributed by atoms with Crippen LogP contribution in [-0.2, 0) is 14.8 Å². The number of nitrogens with one attached hydrogen (secondary N) is 1. The van der Waals surface area contributed by atoms with E-state index in [1.54, 1.807) is 36.5 Å². The number of hydrogen-bond acceptors (Lipinski definition) is 4. The van der Waals surface area contributed by atoms with Crippen molar-refractivity contribution in [1.82, 2.24) is 5.43 Å². The number of rotatable bonds is 7. The molecule has 0 aromatic heterocycles. The molecule has 0 radical (unpaired) electrons. The Morgan fingerprint density at radius 3 is 2.08 bits per heavy atom. The van der Waals surface area contributed by atoms with Gasteiger partial charge in [0.05, 0.1) is 26.8 Å². The van der Waals surface area contributed by atoms with Crippen molar-refractivity contribution in [3.8, 4) is 0 Å². The summed E-state index contributed by atoms with van der Waals surface area (Å²) in [6, 6.07) is 30.3. The van der Waals surface area contributed by atoms with Crippen molar-refractivity contribution >= 4 is 72.6 Å². The van der Waals surface area contributed by atoms with E-state index in [9.17, 15) is 13.2 Å². The van der Waals surface area contributed by atoms with E-state index < -0.39 is 22.5 Å². The van der Waals surface area contributed by atoms with E-state index in [2.05, 4.69) is 16.6 Å². The average Bonchev–Trinajstić information content (AvgIpc) is 2.93. The predicted molar refractivity (Wildman–Crippen MR) is 155 cm³/mol. The van der Waals surface area contributed by atoms with Crippen molar-refractivity contribution in [2.45, 2.75) is 4.90 Å². The van der Waals surface area contributed by atoms with Gasteiger partial charge in [-0.05, 0) is 51.9 Å². The standard InChI is InChI=1S/C29H21Cl2N3O3S/c30-26-15-8-16-27(29(26)31)34(38(36,37)22-11-2-1-3-12-22)19-28(35)33-32-18-25-23-13-6-4-9-20(23)17-21-10-5-7-14-24(21)25/h1-18H,19H2,(H,33,35)/b32-18+. The maximum absolute atomic E-state index is 13.5. The summed E-state index contributed by atoms with van der Waals surface area (Å²) in [5.74, 6) is -0.652. The van der Waals surface area contributed by atoms with Crippen molar-refractivity contribution in [3.63, 3.8) is 0 Å². The zero-order chi connectivity index (χ0) is 26.7. The first kappa shape index (κ1) is 25.7. The molecule has 1 N–H and O–H groups in total. The molecule has 0 heterocycles. The molecule has 38 heavy (non-hydrogen) atoms. The lowest BCUT2D eigenvalue weighted by Crippen LogP contribution is -2.39. The minimum absolute atomic E-state index is 0.00886. The van der Waals surface area contributed by atoms with E-state index in [1.807, 2.05) is 48.5 Å². The largest absolute Gasteiger partial charge is 0.271 e. The SMILES string of the molecule is O=C(CN(c1cccc(Cl)c1Cl)S(=O)(=O)c1ccccc1)N/N=C/c1c2ccccc2cc2ccccc12. The van der Waals surface area contributed by atoms with E-state index in [1.165, 1.54) is 18.2 Å². The fourth-order valence-corrected chi connectivity index (χ4v) is 6.13. The first-order valence-electron chi connectivity index (χ1n) is 11.6. The Kier molecular flexibility index (Phi) is 7.33. The summed E-state index contributed by atoms with van der Waals surface area (Å²) in [5, 5.41) is 8.39. The van der Waals surface area contributed by atoms with Gasteiger partial charge in [-0.2, -0.15) is 5.10 Å². The third kappa shape index (κ3) is 5.09. The molecule has 0 unspecified atom stereocenters. The molecule has 190 valence electrons. The highest BCUT2D eigenvalue weighted by Gasteiger charge is 2.29. The van der Waals surface area contributed by atoms with Crippen LogP contribution in [0, 0.1) is 0 Å². The monoisotopic (exact) mass is 561 g/mol.